The molecular formula is C12H11FN2O. The van der Waals surface area contributed by atoms with Gasteiger partial charge in [-0.3, -0.25) is 4.79 Å². The third-order valence-electron chi connectivity index (χ3n) is 2.24. The van der Waals surface area contributed by atoms with Gasteiger partial charge in [-0.2, -0.15) is 0 Å². The first-order valence-corrected chi connectivity index (χ1v) is 4.95. The fourth-order valence-electron chi connectivity index (χ4n) is 1.57. The lowest BCUT2D eigenvalue weighted by molar-refractivity contribution is 0.613. The molecule has 0 aliphatic heterocycles. The maximum Gasteiger partial charge on any atom is 0.251 e. The molecule has 0 saturated carbocycles. The van der Waals surface area contributed by atoms with Crippen LogP contribution in [0.2, 0.25) is 0 Å². The smallest absolute Gasteiger partial charge is 0.251 e. The number of H-pyrrole nitrogens is 1. The van der Waals surface area contributed by atoms with E-state index < -0.39 is 0 Å². The summed E-state index contributed by atoms with van der Waals surface area (Å²) in [7, 11) is 0. The van der Waals surface area contributed by atoms with Gasteiger partial charge in [-0.05, 0) is 18.6 Å². The van der Waals surface area contributed by atoms with E-state index in [0.717, 1.165) is 0 Å². The first-order chi connectivity index (χ1) is 7.65. The third-order valence-corrected chi connectivity index (χ3v) is 2.24. The van der Waals surface area contributed by atoms with Gasteiger partial charge in [0.2, 0.25) is 0 Å². The van der Waals surface area contributed by atoms with Crippen molar-refractivity contribution in [3.8, 4) is 0 Å². The number of hydrogen-bond acceptors (Lipinski definition) is 2. The van der Waals surface area contributed by atoms with Crippen molar-refractivity contribution in [3.05, 3.63) is 63.6 Å². The summed E-state index contributed by atoms with van der Waals surface area (Å²) in [5, 5.41) is 0. The maximum atomic E-state index is 13.4. The first kappa shape index (κ1) is 10.5. The van der Waals surface area contributed by atoms with E-state index in [1.807, 2.05) is 0 Å². The lowest BCUT2D eigenvalue weighted by atomic mass is 10.1. The number of nitrogens with zero attached hydrogens (tertiary/aromatic N) is 1. The molecule has 2 aromatic rings. The van der Waals surface area contributed by atoms with E-state index in [4.69, 9.17) is 0 Å². The second-order valence-electron chi connectivity index (χ2n) is 3.59. The molecule has 0 fully saturated rings. The predicted octanol–water partition coefficient (Wildman–Crippen LogP) is 1.81. The number of nitrogens with one attached hydrogen (secondary N) is 1. The van der Waals surface area contributed by atoms with Gasteiger partial charge in [0.05, 0.1) is 5.69 Å². The van der Waals surface area contributed by atoms with Crippen LogP contribution in [0.4, 0.5) is 4.39 Å². The molecule has 16 heavy (non-hydrogen) atoms. The molecule has 0 unspecified atom stereocenters. The van der Waals surface area contributed by atoms with Crippen molar-refractivity contribution < 1.29 is 4.39 Å². The van der Waals surface area contributed by atoms with Gasteiger partial charge in [0.15, 0.2) is 0 Å². The van der Waals surface area contributed by atoms with Crippen molar-refractivity contribution >= 4 is 0 Å². The zero-order valence-corrected chi connectivity index (χ0v) is 8.83. The van der Waals surface area contributed by atoms with E-state index in [0.29, 0.717) is 23.5 Å². The summed E-state index contributed by atoms with van der Waals surface area (Å²) in [6, 6.07) is 7.87. The summed E-state index contributed by atoms with van der Waals surface area (Å²) in [5.74, 6) is 0.265. The highest BCUT2D eigenvalue weighted by molar-refractivity contribution is 5.22. The van der Waals surface area contributed by atoms with Crippen molar-refractivity contribution in [2.24, 2.45) is 0 Å². The van der Waals surface area contributed by atoms with Crippen LogP contribution in [0, 0.1) is 12.7 Å². The lowest BCUT2D eigenvalue weighted by Crippen LogP contribution is -2.11. The van der Waals surface area contributed by atoms with E-state index in [-0.39, 0.29) is 11.4 Å². The summed E-state index contributed by atoms with van der Waals surface area (Å²) in [6.07, 6.45) is 0.331. The van der Waals surface area contributed by atoms with Crippen LogP contribution in [0.15, 0.2) is 35.1 Å². The normalized spacial score (nSPS) is 10.4. The summed E-state index contributed by atoms with van der Waals surface area (Å²) in [4.78, 5) is 17.9. The highest BCUT2D eigenvalue weighted by atomic mass is 19.1. The van der Waals surface area contributed by atoms with Gasteiger partial charge in [0.1, 0.15) is 11.6 Å². The van der Waals surface area contributed by atoms with Crippen molar-refractivity contribution in [2.45, 2.75) is 13.3 Å². The van der Waals surface area contributed by atoms with Crippen molar-refractivity contribution in [3.63, 3.8) is 0 Å². The molecule has 82 valence electrons. The van der Waals surface area contributed by atoms with Crippen LogP contribution in [-0.2, 0) is 6.42 Å². The largest absolute Gasteiger partial charge is 0.311 e. The molecule has 1 aromatic carbocycles. The van der Waals surface area contributed by atoms with Crippen molar-refractivity contribution in [2.75, 3.05) is 0 Å². The van der Waals surface area contributed by atoms with E-state index >= 15 is 0 Å². The highest BCUT2D eigenvalue weighted by Gasteiger charge is 2.04. The van der Waals surface area contributed by atoms with Gasteiger partial charge in [-0.25, -0.2) is 9.37 Å². The third kappa shape index (κ3) is 2.34. The van der Waals surface area contributed by atoms with Gasteiger partial charge < -0.3 is 4.98 Å². The van der Waals surface area contributed by atoms with Gasteiger partial charge in [0, 0.05) is 12.5 Å². The average Bonchev–Trinajstić information content (AvgIpc) is 2.20. The Bertz CT molecular complexity index is 563. The molecule has 0 bridgehead atoms. The number of aromatic nitrogens is 2. The van der Waals surface area contributed by atoms with Crippen LogP contribution in [0.5, 0.6) is 0 Å². The Morgan fingerprint density at radius 3 is 2.81 bits per heavy atom. The Labute approximate surface area is 92.0 Å². The van der Waals surface area contributed by atoms with Gasteiger partial charge in [-0.15, -0.1) is 0 Å². The standard InChI is InChI=1S/C12H11FN2O/c1-8-14-10(7-12(16)15-8)6-9-4-2-3-5-11(9)13/h2-5,7H,6H2,1H3,(H,14,15,16). The molecule has 1 aromatic heterocycles. The van der Waals surface area contributed by atoms with E-state index in [1.54, 1.807) is 25.1 Å². The maximum absolute atomic E-state index is 13.4. The molecule has 1 N–H and O–H groups in total. The Morgan fingerprint density at radius 1 is 1.38 bits per heavy atom. The summed E-state index contributed by atoms with van der Waals surface area (Å²) >= 11 is 0. The number of aromatic amines is 1. The van der Waals surface area contributed by atoms with E-state index in [9.17, 15) is 9.18 Å². The van der Waals surface area contributed by atoms with Crippen LogP contribution in [0.3, 0.4) is 0 Å². The summed E-state index contributed by atoms with van der Waals surface area (Å²) in [6.45, 7) is 1.70. The Hall–Kier alpha value is -1.97. The molecule has 3 nitrogen and oxygen atoms in total. The van der Waals surface area contributed by atoms with Crippen LogP contribution in [0.25, 0.3) is 0 Å². The molecule has 0 aliphatic carbocycles. The second-order valence-corrected chi connectivity index (χ2v) is 3.59. The Kier molecular flexibility index (Phi) is 2.81. The topological polar surface area (TPSA) is 45.8 Å². The van der Waals surface area contributed by atoms with E-state index in [1.165, 1.54) is 12.1 Å². The van der Waals surface area contributed by atoms with Gasteiger partial charge in [-0.1, -0.05) is 18.2 Å². The van der Waals surface area contributed by atoms with Gasteiger partial charge in [0.25, 0.3) is 5.56 Å². The average molecular weight is 218 g/mol. The molecule has 1 heterocycles. The Morgan fingerprint density at radius 2 is 2.12 bits per heavy atom. The predicted molar refractivity (Wildman–Crippen MR) is 58.8 cm³/mol. The number of halogens is 1. The monoisotopic (exact) mass is 218 g/mol. The minimum atomic E-state index is -0.276. The molecule has 0 amide bonds. The number of hydrogen-bond donors (Lipinski definition) is 1. The minimum Gasteiger partial charge on any atom is -0.311 e. The van der Waals surface area contributed by atoms with Crippen LogP contribution >= 0.6 is 0 Å². The Balaban J connectivity index is 2.34. The first-order valence-electron chi connectivity index (χ1n) is 4.95. The molecule has 0 saturated heterocycles. The summed E-state index contributed by atoms with van der Waals surface area (Å²) in [5.41, 5.74) is 0.908. The zero-order valence-electron chi connectivity index (χ0n) is 8.83. The van der Waals surface area contributed by atoms with Crippen LogP contribution in [-0.4, -0.2) is 9.97 Å². The molecule has 0 spiro atoms. The van der Waals surface area contributed by atoms with Crippen LogP contribution in [0.1, 0.15) is 17.1 Å². The number of aryl methyl sites for hydroxylation is 1. The molecular weight excluding hydrogens is 207 g/mol. The minimum absolute atomic E-state index is 0.209. The van der Waals surface area contributed by atoms with Crippen molar-refractivity contribution in [1.29, 1.82) is 0 Å². The van der Waals surface area contributed by atoms with Gasteiger partial charge >= 0.3 is 0 Å². The molecule has 2 rings (SSSR count). The molecule has 0 radical (unpaired) electrons. The SMILES string of the molecule is Cc1nc(Cc2ccccc2F)cc(=O)[nH]1. The highest BCUT2D eigenvalue weighted by Crippen LogP contribution is 2.10. The quantitative estimate of drug-likeness (QED) is 0.835. The molecule has 4 heteroatoms. The second kappa shape index (κ2) is 4.26. The van der Waals surface area contributed by atoms with E-state index in [2.05, 4.69) is 9.97 Å². The van der Waals surface area contributed by atoms with Crippen molar-refractivity contribution in [1.82, 2.24) is 9.97 Å². The summed E-state index contributed by atoms with van der Waals surface area (Å²) < 4.78 is 13.4. The number of rotatable bonds is 2. The molecule has 0 atom stereocenters. The molecule has 0 aliphatic rings. The zero-order chi connectivity index (χ0) is 11.5. The fraction of sp³-hybridized carbons (Fsp3) is 0.167. The number of benzene rings is 1. The lowest BCUT2D eigenvalue weighted by Gasteiger charge is -2.02. The fourth-order valence-corrected chi connectivity index (χ4v) is 1.57. The van der Waals surface area contributed by atoms with Crippen LogP contribution < -0.4 is 5.56 Å².